The van der Waals surface area contributed by atoms with Crippen LogP contribution in [0.1, 0.15) is 333 Å². The SMILES string of the molecule is CCCCCCCCCCCCCCCCCC(=O)OC1C(OC2OC(CO)C(O)C(O)C2OS(=O)(=O)O)OC(CO)C(O)C1OC(=O)C(C)CC(C)CC(C)CC(C)CC(C)CC(C)CC(C)CC(C)CC(C)CC(C)C(O)CCCCCCCCCCCCCCC. The van der Waals surface area contributed by atoms with E-state index in [0.29, 0.717) is 60.2 Å². The molecule has 94 heavy (non-hydrogen) atoms. The first-order chi connectivity index (χ1) is 44.7. The molecule has 0 saturated carbocycles. The van der Waals surface area contributed by atoms with Gasteiger partial charge in [0.2, 0.25) is 6.29 Å². The Balaban J connectivity index is 1.92. The van der Waals surface area contributed by atoms with Crippen LogP contribution in [-0.2, 0) is 47.9 Å². The van der Waals surface area contributed by atoms with Gasteiger partial charge in [-0.25, -0.2) is 4.18 Å². The number of hydrogen-bond acceptors (Lipinski definition) is 16. The van der Waals surface area contributed by atoms with Crippen LogP contribution < -0.4 is 0 Å². The predicted molar refractivity (Wildman–Crippen MR) is 376 cm³/mol. The quantitative estimate of drug-likeness (QED) is 0.0169. The second-order valence-electron chi connectivity index (χ2n) is 31.0. The number of esters is 2. The van der Waals surface area contributed by atoms with Gasteiger partial charge >= 0.3 is 22.3 Å². The monoisotopic (exact) mass is 1360 g/mol. The van der Waals surface area contributed by atoms with Gasteiger partial charge in [-0.3, -0.25) is 14.1 Å². The molecule has 2 aliphatic heterocycles. The Labute approximate surface area is 574 Å². The van der Waals surface area contributed by atoms with Crippen molar-refractivity contribution in [3.8, 4) is 0 Å². The minimum atomic E-state index is -5.33. The van der Waals surface area contributed by atoms with Crippen molar-refractivity contribution in [1.82, 2.24) is 0 Å². The van der Waals surface area contributed by atoms with E-state index in [0.717, 1.165) is 70.6 Å². The van der Waals surface area contributed by atoms with Gasteiger partial charge < -0.3 is 54.3 Å². The summed E-state index contributed by atoms with van der Waals surface area (Å²) in [4.78, 5) is 27.8. The van der Waals surface area contributed by atoms with Gasteiger partial charge in [-0.1, -0.05) is 256 Å². The summed E-state index contributed by atoms with van der Waals surface area (Å²) >= 11 is 0. The number of aliphatic hydroxyl groups is 6. The van der Waals surface area contributed by atoms with Crippen LogP contribution in [0.4, 0.5) is 0 Å². The molecule has 2 saturated heterocycles. The lowest BCUT2D eigenvalue weighted by Crippen LogP contribution is -2.65. The largest absolute Gasteiger partial charge is 0.455 e. The molecule has 0 spiro atoms. The van der Waals surface area contributed by atoms with Crippen molar-refractivity contribution >= 4 is 22.3 Å². The molecule has 21 atom stereocenters. The smallest absolute Gasteiger partial charge is 0.397 e. The molecule has 558 valence electrons. The van der Waals surface area contributed by atoms with Gasteiger partial charge in [0.25, 0.3) is 0 Å². The highest BCUT2D eigenvalue weighted by Gasteiger charge is 2.55. The van der Waals surface area contributed by atoms with Crippen LogP contribution in [0.25, 0.3) is 0 Å². The standard InChI is InChI=1S/C76H146O17S/c1-13-15-17-19-21-23-25-27-28-30-32-34-36-38-40-42-67(80)90-73-71(69(82)66(53-78)89-76(73)92-75-72(93-94(85,86)87)70(83)68(81)65(52-77)88-75)91-74(84)63(12)51-61(10)49-59(8)47-57(6)45-55(4)43-54(3)44-56(5)46-58(7)48-60(9)50-62(11)64(79)41-39-37-35-33-31-29-26-24-22-20-18-16-14-2/h54-66,68-73,75-79,81-83H,13-53H2,1-12H3,(H,85,86,87). The van der Waals surface area contributed by atoms with Gasteiger partial charge in [0.1, 0.15) is 30.5 Å². The lowest BCUT2D eigenvalue weighted by molar-refractivity contribution is -0.374. The van der Waals surface area contributed by atoms with Crippen molar-refractivity contribution in [3.05, 3.63) is 0 Å². The van der Waals surface area contributed by atoms with Gasteiger partial charge in [-0.05, 0) is 124 Å². The summed E-state index contributed by atoms with van der Waals surface area (Å²) in [5.74, 6) is 2.34. The van der Waals surface area contributed by atoms with E-state index in [1.54, 1.807) is 6.92 Å². The summed E-state index contributed by atoms with van der Waals surface area (Å²) < 4.78 is 67.6. The maximum atomic E-state index is 14.1. The molecule has 2 rings (SSSR count). The molecular weight excluding hydrogens is 1220 g/mol. The normalized spacial score (nSPS) is 25.6. The summed E-state index contributed by atoms with van der Waals surface area (Å²) in [7, 11) is -5.33. The van der Waals surface area contributed by atoms with Crippen LogP contribution in [0.2, 0.25) is 0 Å². The molecular formula is C76H146O17S. The second-order valence-corrected chi connectivity index (χ2v) is 32.1. The molecule has 21 unspecified atom stereocenters. The number of ether oxygens (including phenoxy) is 5. The van der Waals surface area contributed by atoms with Crippen LogP contribution in [0.3, 0.4) is 0 Å². The molecule has 2 heterocycles. The highest BCUT2D eigenvalue weighted by atomic mass is 32.3. The maximum Gasteiger partial charge on any atom is 0.397 e. The first kappa shape index (κ1) is 88.5. The average Bonchev–Trinajstić information content (AvgIpc) is 0.781. The van der Waals surface area contributed by atoms with Crippen molar-refractivity contribution in [2.24, 2.45) is 59.2 Å². The Bertz CT molecular complexity index is 1980. The highest BCUT2D eigenvalue weighted by molar-refractivity contribution is 7.80. The number of hydrogen-bond donors (Lipinski definition) is 7. The summed E-state index contributed by atoms with van der Waals surface area (Å²) in [5, 5.41) is 64.6. The van der Waals surface area contributed by atoms with E-state index in [1.165, 1.54) is 161 Å². The molecule has 0 aromatic rings. The fourth-order valence-corrected chi connectivity index (χ4v) is 16.3. The zero-order valence-electron chi connectivity index (χ0n) is 61.7. The highest BCUT2D eigenvalue weighted by Crippen LogP contribution is 2.36. The van der Waals surface area contributed by atoms with E-state index in [1.807, 2.05) is 0 Å². The van der Waals surface area contributed by atoms with E-state index in [2.05, 4.69) is 80.3 Å². The van der Waals surface area contributed by atoms with Crippen LogP contribution >= 0.6 is 0 Å². The Hall–Kier alpha value is -1.55. The maximum absolute atomic E-state index is 14.1. The van der Waals surface area contributed by atoms with Gasteiger partial charge in [0.15, 0.2) is 24.6 Å². The molecule has 0 bridgehead atoms. The number of carbonyl (C=O) groups is 2. The molecule has 0 aliphatic carbocycles. The van der Waals surface area contributed by atoms with Crippen LogP contribution in [0.15, 0.2) is 0 Å². The third-order valence-electron chi connectivity index (χ3n) is 20.5. The van der Waals surface area contributed by atoms with Crippen LogP contribution in [0, 0.1) is 59.2 Å². The number of unbranched alkanes of at least 4 members (excludes halogenated alkanes) is 26. The van der Waals surface area contributed by atoms with Gasteiger partial charge in [0.05, 0.1) is 25.2 Å². The molecule has 2 aliphatic rings. The molecule has 0 amide bonds. The first-order valence-corrected chi connectivity index (χ1v) is 40.1. The minimum absolute atomic E-state index is 0.0534. The Kier molecular flexibility index (Phi) is 48.6. The third kappa shape index (κ3) is 39.4. The Morgan fingerprint density at radius 2 is 0.745 bits per heavy atom. The fourth-order valence-electron chi connectivity index (χ4n) is 15.8. The zero-order chi connectivity index (χ0) is 70.0. The average molecular weight is 1360 g/mol. The number of rotatable bonds is 58. The molecule has 7 N–H and O–H groups in total. The van der Waals surface area contributed by atoms with Gasteiger partial charge in [0, 0.05) is 6.42 Å². The summed E-state index contributed by atoms with van der Waals surface area (Å²) in [6.45, 7) is 25.5. The molecule has 0 radical (unpaired) electrons. The molecule has 2 fully saturated rings. The third-order valence-corrected chi connectivity index (χ3v) is 20.9. The van der Waals surface area contributed by atoms with Crippen LogP contribution in [0.5, 0.6) is 0 Å². The summed E-state index contributed by atoms with van der Waals surface area (Å²) in [5.41, 5.74) is 0. The van der Waals surface area contributed by atoms with Gasteiger partial charge in [-0.2, -0.15) is 8.42 Å². The number of carbonyl (C=O) groups excluding carboxylic acids is 2. The molecule has 17 nitrogen and oxygen atoms in total. The predicted octanol–water partition coefficient (Wildman–Crippen LogP) is 16.5. The topological polar surface area (TPSA) is 265 Å². The molecule has 0 aromatic heterocycles. The lowest BCUT2D eigenvalue weighted by atomic mass is 9.79. The molecule has 0 aromatic carbocycles. The van der Waals surface area contributed by atoms with Crippen molar-refractivity contribution in [1.29, 1.82) is 0 Å². The Morgan fingerprint density at radius 3 is 1.12 bits per heavy atom. The molecule has 18 heteroatoms. The van der Waals surface area contributed by atoms with E-state index in [9.17, 15) is 53.2 Å². The zero-order valence-corrected chi connectivity index (χ0v) is 62.6. The van der Waals surface area contributed by atoms with Gasteiger partial charge in [-0.15, -0.1) is 0 Å². The first-order valence-electron chi connectivity index (χ1n) is 38.7. The van der Waals surface area contributed by atoms with Crippen molar-refractivity contribution in [2.75, 3.05) is 13.2 Å². The van der Waals surface area contributed by atoms with Crippen molar-refractivity contribution < 1.29 is 81.1 Å². The lowest BCUT2D eigenvalue weighted by Gasteiger charge is -2.46. The van der Waals surface area contributed by atoms with Crippen molar-refractivity contribution in [2.45, 2.75) is 401 Å². The summed E-state index contributed by atoms with van der Waals surface area (Å²) in [6.07, 6.45) is 26.2. The minimum Gasteiger partial charge on any atom is -0.455 e. The second kappa shape index (κ2) is 51.6. The fraction of sp³-hybridized carbons (Fsp3) is 0.974. The van der Waals surface area contributed by atoms with Crippen molar-refractivity contribution in [3.63, 3.8) is 0 Å². The van der Waals surface area contributed by atoms with Crippen LogP contribution in [-0.4, -0.2) is 136 Å². The van der Waals surface area contributed by atoms with E-state index in [-0.39, 0.29) is 18.4 Å². The van der Waals surface area contributed by atoms with E-state index < -0.39 is 103 Å². The van der Waals surface area contributed by atoms with E-state index >= 15 is 0 Å². The number of aliphatic hydroxyl groups excluding tert-OH is 6. The Morgan fingerprint density at radius 1 is 0.415 bits per heavy atom. The van der Waals surface area contributed by atoms with E-state index in [4.69, 9.17) is 23.7 Å². The summed E-state index contributed by atoms with van der Waals surface area (Å²) in [6, 6.07) is 0.